The lowest BCUT2D eigenvalue weighted by atomic mass is 9.76. The van der Waals surface area contributed by atoms with E-state index in [-0.39, 0.29) is 12.3 Å². The van der Waals surface area contributed by atoms with Crippen molar-refractivity contribution < 1.29 is 23.8 Å². The molecular formula is C18H20N2O5. The number of amides is 1. The fourth-order valence-electron chi connectivity index (χ4n) is 3.32. The lowest BCUT2D eigenvalue weighted by molar-refractivity contribution is -0.147. The molecule has 2 aliphatic rings. The Morgan fingerprint density at radius 1 is 1.28 bits per heavy atom. The normalized spacial score (nSPS) is 19.7. The highest BCUT2D eigenvalue weighted by molar-refractivity contribution is 5.98. The largest absolute Gasteiger partial charge is 0.481 e. The molecule has 7 heteroatoms. The molecule has 0 unspecified atom stereocenters. The maximum atomic E-state index is 12.8. The van der Waals surface area contributed by atoms with Crippen LogP contribution in [0.2, 0.25) is 0 Å². The first-order chi connectivity index (χ1) is 12.1. The topological polar surface area (TPSA) is 102 Å². The number of nitrogens with zero attached hydrogens (tertiary/aromatic N) is 1. The molecule has 1 aliphatic carbocycles. The highest BCUT2D eigenvalue weighted by atomic mass is 16.5. The van der Waals surface area contributed by atoms with Crippen LogP contribution in [0.5, 0.6) is 0 Å². The number of hydrogen-bond donors (Lipinski definition) is 2. The number of fused-ring (bicyclic) bond motifs is 1. The van der Waals surface area contributed by atoms with Crippen LogP contribution in [0.3, 0.4) is 0 Å². The van der Waals surface area contributed by atoms with Crippen molar-refractivity contribution in [1.82, 2.24) is 4.98 Å². The van der Waals surface area contributed by atoms with E-state index in [9.17, 15) is 14.7 Å². The number of rotatable bonds is 5. The molecule has 4 rings (SSSR count). The van der Waals surface area contributed by atoms with E-state index < -0.39 is 11.4 Å². The second-order valence-corrected chi connectivity index (χ2v) is 6.93. The number of anilines is 1. The van der Waals surface area contributed by atoms with Gasteiger partial charge in [-0.15, -0.1) is 0 Å². The summed E-state index contributed by atoms with van der Waals surface area (Å²) in [6.07, 6.45) is 2.83. The molecule has 1 amide bonds. The SMILES string of the molecule is O=C(O)CC1(C(=O)Nc2ccc3nc(C4CC4)oc3c2)CCOCC1. The maximum absolute atomic E-state index is 12.8. The molecule has 1 saturated carbocycles. The number of aromatic nitrogens is 1. The van der Waals surface area contributed by atoms with Gasteiger partial charge in [-0.05, 0) is 37.8 Å². The summed E-state index contributed by atoms with van der Waals surface area (Å²) in [5, 5.41) is 12.1. The Morgan fingerprint density at radius 3 is 2.72 bits per heavy atom. The number of benzene rings is 1. The highest BCUT2D eigenvalue weighted by Crippen LogP contribution is 2.41. The van der Waals surface area contributed by atoms with Gasteiger partial charge in [0, 0.05) is 30.9 Å². The van der Waals surface area contributed by atoms with Gasteiger partial charge in [-0.2, -0.15) is 0 Å². The lowest BCUT2D eigenvalue weighted by Gasteiger charge is -2.34. The van der Waals surface area contributed by atoms with Crippen LogP contribution in [0.4, 0.5) is 5.69 Å². The van der Waals surface area contributed by atoms with Gasteiger partial charge in [-0.3, -0.25) is 9.59 Å². The molecule has 7 nitrogen and oxygen atoms in total. The van der Waals surface area contributed by atoms with Crippen molar-refractivity contribution in [2.45, 2.75) is 38.0 Å². The molecule has 2 heterocycles. The van der Waals surface area contributed by atoms with Crippen LogP contribution >= 0.6 is 0 Å². The Hall–Kier alpha value is -2.41. The zero-order valence-electron chi connectivity index (χ0n) is 13.8. The fraction of sp³-hybridized carbons (Fsp3) is 0.500. The fourth-order valence-corrected chi connectivity index (χ4v) is 3.32. The Balaban J connectivity index is 1.55. The third-order valence-corrected chi connectivity index (χ3v) is 5.01. The number of carboxylic acids is 1. The summed E-state index contributed by atoms with van der Waals surface area (Å²) in [5.41, 5.74) is 1.07. The second-order valence-electron chi connectivity index (χ2n) is 6.93. The number of aliphatic carboxylic acids is 1. The minimum Gasteiger partial charge on any atom is -0.481 e. The van der Waals surface area contributed by atoms with Gasteiger partial charge in [0.2, 0.25) is 5.91 Å². The molecular weight excluding hydrogens is 324 g/mol. The first kappa shape index (κ1) is 16.1. The number of carbonyl (C=O) groups is 2. The van der Waals surface area contributed by atoms with Crippen LogP contribution < -0.4 is 5.32 Å². The van der Waals surface area contributed by atoms with Gasteiger partial charge in [-0.25, -0.2) is 4.98 Å². The molecule has 0 atom stereocenters. The number of ether oxygens (including phenoxy) is 1. The summed E-state index contributed by atoms with van der Waals surface area (Å²) in [5.74, 6) is -0.0759. The third-order valence-electron chi connectivity index (χ3n) is 5.01. The van der Waals surface area contributed by atoms with E-state index in [2.05, 4.69) is 10.3 Å². The first-order valence-corrected chi connectivity index (χ1v) is 8.57. The molecule has 25 heavy (non-hydrogen) atoms. The van der Waals surface area contributed by atoms with Gasteiger partial charge >= 0.3 is 5.97 Å². The van der Waals surface area contributed by atoms with Crippen molar-refractivity contribution in [3.63, 3.8) is 0 Å². The van der Waals surface area contributed by atoms with Crippen molar-refractivity contribution in [2.24, 2.45) is 5.41 Å². The van der Waals surface area contributed by atoms with Crippen LogP contribution in [0, 0.1) is 5.41 Å². The lowest BCUT2D eigenvalue weighted by Crippen LogP contribution is -2.42. The monoisotopic (exact) mass is 344 g/mol. The highest BCUT2D eigenvalue weighted by Gasteiger charge is 2.42. The Kier molecular flexibility index (Phi) is 3.95. The van der Waals surface area contributed by atoms with E-state index in [4.69, 9.17) is 9.15 Å². The van der Waals surface area contributed by atoms with Gasteiger partial charge in [0.05, 0.1) is 11.8 Å². The molecule has 0 radical (unpaired) electrons. The summed E-state index contributed by atoms with van der Waals surface area (Å²) >= 11 is 0. The number of oxazole rings is 1. The maximum Gasteiger partial charge on any atom is 0.304 e. The Labute approximate surface area is 144 Å². The molecule has 0 spiro atoms. The number of hydrogen-bond acceptors (Lipinski definition) is 5. The molecule has 132 valence electrons. The van der Waals surface area contributed by atoms with E-state index in [1.54, 1.807) is 12.1 Å². The molecule has 1 saturated heterocycles. The predicted octanol–water partition coefficient (Wildman–Crippen LogP) is 2.92. The Morgan fingerprint density at radius 2 is 2.04 bits per heavy atom. The van der Waals surface area contributed by atoms with E-state index >= 15 is 0 Å². The van der Waals surface area contributed by atoms with Gasteiger partial charge in [0.1, 0.15) is 5.52 Å². The van der Waals surface area contributed by atoms with Crippen molar-refractivity contribution in [3.05, 3.63) is 24.1 Å². The van der Waals surface area contributed by atoms with Crippen LogP contribution in [-0.2, 0) is 14.3 Å². The summed E-state index contributed by atoms with van der Waals surface area (Å²) in [4.78, 5) is 28.5. The summed E-state index contributed by atoms with van der Waals surface area (Å²) in [6.45, 7) is 0.791. The zero-order valence-corrected chi connectivity index (χ0v) is 13.8. The average Bonchev–Trinajstić information content (AvgIpc) is 3.35. The summed E-state index contributed by atoms with van der Waals surface area (Å²) in [7, 11) is 0. The number of carbonyl (C=O) groups excluding carboxylic acids is 1. The molecule has 0 bridgehead atoms. The second kappa shape index (κ2) is 6.15. The zero-order chi connectivity index (χ0) is 17.4. The van der Waals surface area contributed by atoms with Crippen molar-refractivity contribution in [3.8, 4) is 0 Å². The molecule has 2 fully saturated rings. The first-order valence-electron chi connectivity index (χ1n) is 8.57. The van der Waals surface area contributed by atoms with Gasteiger partial charge in [0.15, 0.2) is 11.5 Å². The molecule has 1 aromatic heterocycles. The summed E-state index contributed by atoms with van der Waals surface area (Å²) < 4.78 is 11.1. The summed E-state index contributed by atoms with van der Waals surface area (Å²) in [6, 6.07) is 5.33. The third kappa shape index (κ3) is 3.24. The minimum absolute atomic E-state index is 0.196. The van der Waals surface area contributed by atoms with E-state index in [1.165, 1.54) is 0 Å². The molecule has 2 N–H and O–H groups in total. The van der Waals surface area contributed by atoms with Crippen LogP contribution in [0.1, 0.15) is 43.9 Å². The van der Waals surface area contributed by atoms with Crippen LogP contribution in [0.25, 0.3) is 11.1 Å². The smallest absolute Gasteiger partial charge is 0.304 e. The predicted molar refractivity (Wildman–Crippen MR) is 89.4 cm³/mol. The van der Waals surface area contributed by atoms with Crippen molar-refractivity contribution in [1.29, 1.82) is 0 Å². The van der Waals surface area contributed by atoms with Gasteiger partial charge in [0.25, 0.3) is 0 Å². The van der Waals surface area contributed by atoms with E-state index in [0.29, 0.717) is 43.2 Å². The molecule has 2 aromatic rings. The quantitative estimate of drug-likeness (QED) is 0.865. The van der Waals surface area contributed by atoms with Gasteiger partial charge in [-0.1, -0.05) is 0 Å². The average molecular weight is 344 g/mol. The minimum atomic E-state index is -0.975. The van der Waals surface area contributed by atoms with Crippen LogP contribution in [-0.4, -0.2) is 35.2 Å². The van der Waals surface area contributed by atoms with Crippen LogP contribution in [0.15, 0.2) is 22.6 Å². The molecule has 1 aromatic carbocycles. The van der Waals surface area contributed by atoms with Gasteiger partial charge < -0.3 is 19.6 Å². The number of nitrogens with one attached hydrogen (secondary N) is 1. The van der Waals surface area contributed by atoms with Crippen molar-refractivity contribution >= 4 is 28.7 Å². The van der Waals surface area contributed by atoms with E-state index in [1.807, 2.05) is 6.07 Å². The standard InChI is InChI=1S/C18H20N2O5/c21-15(22)10-18(5-7-24-8-6-18)17(23)19-12-3-4-13-14(9-12)25-16(20-13)11-1-2-11/h3-4,9,11H,1-2,5-8,10H2,(H,19,23)(H,21,22). The Bertz CT molecular complexity index is 818. The van der Waals surface area contributed by atoms with E-state index in [0.717, 1.165) is 24.2 Å². The molecule has 1 aliphatic heterocycles. The number of carboxylic acid groups (broad SMARTS) is 1. The van der Waals surface area contributed by atoms with Crippen molar-refractivity contribution in [2.75, 3.05) is 18.5 Å².